The fourth-order valence-electron chi connectivity index (χ4n) is 2.47. The van der Waals surface area contributed by atoms with Gasteiger partial charge in [0.05, 0.1) is 10.7 Å². The van der Waals surface area contributed by atoms with Crippen molar-refractivity contribution in [1.29, 1.82) is 0 Å². The van der Waals surface area contributed by atoms with Crippen molar-refractivity contribution in [3.63, 3.8) is 0 Å². The van der Waals surface area contributed by atoms with Gasteiger partial charge in [-0.05, 0) is 18.4 Å². The standard InChI is InChI=1S/C19H26N2OS/c1-13(2)11-16-21-14(3)17(23-16)18(22)20-12-19(4,5)15-9-7-6-8-10-15/h6-10,13H,11-12H2,1-5H3,(H,20,22). The molecule has 1 amide bonds. The van der Waals surface area contributed by atoms with Gasteiger partial charge in [-0.2, -0.15) is 0 Å². The van der Waals surface area contributed by atoms with Crippen LogP contribution in [0.3, 0.4) is 0 Å². The molecule has 1 heterocycles. The Morgan fingerprint density at radius 1 is 1.26 bits per heavy atom. The predicted molar refractivity (Wildman–Crippen MR) is 97.2 cm³/mol. The van der Waals surface area contributed by atoms with E-state index in [1.807, 2.05) is 25.1 Å². The molecule has 2 aromatic rings. The summed E-state index contributed by atoms with van der Waals surface area (Å²) < 4.78 is 0. The zero-order valence-corrected chi connectivity index (χ0v) is 15.5. The van der Waals surface area contributed by atoms with Crippen molar-refractivity contribution < 1.29 is 4.79 Å². The molecule has 0 spiro atoms. The van der Waals surface area contributed by atoms with Gasteiger partial charge in [0, 0.05) is 18.4 Å². The number of amides is 1. The molecule has 0 saturated heterocycles. The van der Waals surface area contributed by atoms with Gasteiger partial charge >= 0.3 is 0 Å². The molecule has 23 heavy (non-hydrogen) atoms. The van der Waals surface area contributed by atoms with Crippen molar-refractivity contribution >= 4 is 17.2 Å². The van der Waals surface area contributed by atoms with Crippen molar-refractivity contribution in [2.24, 2.45) is 5.92 Å². The van der Waals surface area contributed by atoms with E-state index in [1.165, 1.54) is 16.9 Å². The molecule has 0 bridgehead atoms. The van der Waals surface area contributed by atoms with E-state index in [2.05, 4.69) is 50.1 Å². The van der Waals surface area contributed by atoms with E-state index < -0.39 is 0 Å². The number of aromatic nitrogens is 1. The lowest BCUT2D eigenvalue weighted by molar-refractivity contribution is 0.0949. The topological polar surface area (TPSA) is 42.0 Å². The van der Waals surface area contributed by atoms with Gasteiger partial charge in [0.15, 0.2) is 0 Å². The summed E-state index contributed by atoms with van der Waals surface area (Å²) in [7, 11) is 0. The van der Waals surface area contributed by atoms with Crippen LogP contribution in [0.15, 0.2) is 30.3 Å². The van der Waals surface area contributed by atoms with E-state index in [1.54, 1.807) is 0 Å². The van der Waals surface area contributed by atoms with Crippen LogP contribution in [-0.2, 0) is 11.8 Å². The minimum absolute atomic E-state index is 0.0148. The number of aryl methyl sites for hydroxylation is 1. The number of thiazole rings is 1. The molecular formula is C19H26N2OS. The van der Waals surface area contributed by atoms with Gasteiger partial charge < -0.3 is 5.32 Å². The summed E-state index contributed by atoms with van der Waals surface area (Å²) in [5, 5.41) is 4.12. The van der Waals surface area contributed by atoms with Gasteiger partial charge in [-0.15, -0.1) is 11.3 Å². The van der Waals surface area contributed by atoms with Crippen molar-refractivity contribution in [2.75, 3.05) is 6.54 Å². The Bertz CT molecular complexity index is 659. The van der Waals surface area contributed by atoms with Crippen LogP contribution in [0.2, 0.25) is 0 Å². The molecular weight excluding hydrogens is 304 g/mol. The molecule has 0 aliphatic carbocycles. The molecule has 0 aliphatic heterocycles. The van der Waals surface area contributed by atoms with E-state index in [-0.39, 0.29) is 11.3 Å². The van der Waals surface area contributed by atoms with Crippen molar-refractivity contribution in [3.8, 4) is 0 Å². The van der Waals surface area contributed by atoms with Gasteiger partial charge in [-0.3, -0.25) is 4.79 Å². The Labute approximate surface area is 143 Å². The number of hydrogen-bond acceptors (Lipinski definition) is 3. The number of hydrogen-bond donors (Lipinski definition) is 1. The molecule has 0 saturated carbocycles. The molecule has 3 nitrogen and oxygen atoms in total. The summed E-state index contributed by atoms with van der Waals surface area (Å²) in [6.45, 7) is 11.1. The third-order valence-corrected chi connectivity index (χ3v) is 5.05. The van der Waals surface area contributed by atoms with Crippen molar-refractivity contribution in [2.45, 2.75) is 46.5 Å². The van der Waals surface area contributed by atoms with Crippen LogP contribution in [0.4, 0.5) is 0 Å². The maximum atomic E-state index is 12.5. The van der Waals surface area contributed by atoms with Crippen LogP contribution < -0.4 is 5.32 Å². The maximum absolute atomic E-state index is 12.5. The lowest BCUT2D eigenvalue weighted by atomic mass is 9.84. The first kappa shape index (κ1) is 17.7. The molecule has 4 heteroatoms. The Morgan fingerprint density at radius 2 is 1.91 bits per heavy atom. The third-order valence-electron chi connectivity index (χ3n) is 3.88. The number of nitrogens with one attached hydrogen (secondary N) is 1. The summed E-state index contributed by atoms with van der Waals surface area (Å²) in [6.07, 6.45) is 0.925. The van der Waals surface area contributed by atoms with Gasteiger partial charge in [-0.1, -0.05) is 58.0 Å². The van der Waals surface area contributed by atoms with Crippen LogP contribution in [0.5, 0.6) is 0 Å². The van der Waals surface area contributed by atoms with Crippen LogP contribution in [0.25, 0.3) is 0 Å². The van der Waals surface area contributed by atoms with E-state index in [4.69, 9.17) is 0 Å². The van der Waals surface area contributed by atoms with Crippen molar-refractivity contribution in [3.05, 3.63) is 51.5 Å². The molecule has 1 aromatic heterocycles. The highest BCUT2D eigenvalue weighted by molar-refractivity contribution is 7.13. The van der Waals surface area contributed by atoms with Gasteiger partial charge in [0.2, 0.25) is 0 Å². The predicted octanol–water partition coefficient (Wildman–Crippen LogP) is 4.36. The number of rotatable bonds is 6. The Morgan fingerprint density at radius 3 is 2.52 bits per heavy atom. The first-order valence-corrected chi connectivity index (χ1v) is 8.91. The minimum Gasteiger partial charge on any atom is -0.350 e. The maximum Gasteiger partial charge on any atom is 0.263 e. The summed E-state index contributed by atoms with van der Waals surface area (Å²) in [5.74, 6) is 0.535. The van der Waals surface area contributed by atoms with E-state index in [9.17, 15) is 4.79 Å². The fraction of sp³-hybridized carbons (Fsp3) is 0.474. The van der Waals surface area contributed by atoms with E-state index in [0.717, 1.165) is 22.0 Å². The molecule has 1 N–H and O–H groups in total. The first-order chi connectivity index (χ1) is 10.8. The van der Waals surface area contributed by atoms with Gasteiger partial charge in [0.1, 0.15) is 4.88 Å². The first-order valence-electron chi connectivity index (χ1n) is 8.09. The Balaban J connectivity index is 2.04. The second-order valence-corrected chi connectivity index (χ2v) is 8.14. The average Bonchev–Trinajstić information content (AvgIpc) is 2.85. The minimum atomic E-state index is -0.101. The fourth-order valence-corrected chi connectivity index (χ4v) is 3.67. The SMILES string of the molecule is Cc1nc(CC(C)C)sc1C(=O)NCC(C)(C)c1ccccc1. The molecule has 124 valence electrons. The molecule has 0 radical (unpaired) electrons. The smallest absolute Gasteiger partial charge is 0.263 e. The van der Waals surface area contributed by atoms with E-state index in [0.29, 0.717) is 12.5 Å². The highest BCUT2D eigenvalue weighted by atomic mass is 32.1. The molecule has 2 rings (SSSR count). The second-order valence-electron chi connectivity index (χ2n) is 7.05. The largest absolute Gasteiger partial charge is 0.350 e. The quantitative estimate of drug-likeness (QED) is 0.855. The lowest BCUT2D eigenvalue weighted by Crippen LogP contribution is -2.36. The Kier molecular flexibility index (Phi) is 5.58. The van der Waals surface area contributed by atoms with Crippen LogP contribution in [0, 0.1) is 12.8 Å². The summed E-state index contributed by atoms with van der Waals surface area (Å²) in [6, 6.07) is 10.3. The van der Waals surface area contributed by atoms with Crippen LogP contribution in [-0.4, -0.2) is 17.4 Å². The average molecular weight is 330 g/mol. The third kappa shape index (κ3) is 4.64. The van der Waals surface area contributed by atoms with Crippen LogP contribution >= 0.6 is 11.3 Å². The Hall–Kier alpha value is -1.68. The second kappa shape index (κ2) is 7.26. The van der Waals surface area contributed by atoms with E-state index >= 15 is 0 Å². The number of nitrogens with zero attached hydrogens (tertiary/aromatic N) is 1. The highest BCUT2D eigenvalue weighted by Crippen LogP contribution is 2.23. The summed E-state index contributed by atoms with van der Waals surface area (Å²) in [4.78, 5) is 17.8. The lowest BCUT2D eigenvalue weighted by Gasteiger charge is -2.25. The highest BCUT2D eigenvalue weighted by Gasteiger charge is 2.23. The van der Waals surface area contributed by atoms with Gasteiger partial charge in [0.25, 0.3) is 5.91 Å². The van der Waals surface area contributed by atoms with Gasteiger partial charge in [-0.25, -0.2) is 4.98 Å². The van der Waals surface area contributed by atoms with Crippen LogP contribution in [0.1, 0.15) is 53.6 Å². The molecule has 0 aliphatic rings. The normalized spacial score (nSPS) is 11.7. The number of benzene rings is 1. The van der Waals surface area contributed by atoms with Crippen molar-refractivity contribution in [1.82, 2.24) is 10.3 Å². The molecule has 0 unspecified atom stereocenters. The molecule has 0 fully saturated rings. The number of carbonyl (C=O) groups is 1. The monoisotopic (exact) mass is 330 g/mol. The summed E-state index contributed by atoms with van der Waals surface area (Å²) in [5.41, 5.74) is 1.96. The molecule has 0 atom stereocenters. The summed E-state index contributed by atoms with van der Waals surface area (Å²) >= 11 is 1.52. The zero-order chi connectivity index (χ0) is 17.0. The zero-order valence-electron chi connectivity index (χ0n) is 14.6. The number of carbonyl (C=O) groups excluding carboxylic acids is 1. The molecule has 1 aromatic carbocycles.